The maximum absolute atomic E-state index is 13.3. The molecule has 0 aromatic heterocycles. The number of nitrogens with one attached hydrogen (secondary N) is 1. The summed E-state index contributed by atoms with van der Waals surface area (Å²) in [6.07, 6.45) is 1.45. The van der Waals surface area contributed by atoms with Crippen LogP contribution in [-0.2, 0) is 16.2 Å². The summed E-state index contributed by atoms with van der Waals surface area (Å²) in [6, 6.07) is 18.2. The minimum atomic E-state index is -1.02. The second-order valence-corrected chi connectivity index (χ2v) is 8.48. The standard InChI is InChI=1S/C28H24N2O7S/c1-3-36-21-9-5-8-20(15-21)30-26(32)22(25(31)29-28(30)38)13-17-10-11-23(24(14-17)35-2)37-16-18-6-4-7-19(12-18)27(33)34/h4-15H,3,16H2,1-2H3,(H,33,34)(H,29,31,38)/b22-13+. The van der Waals surface area contributed by atoms with E-state index in [1.807, 2.05) is 6.92 Å². The molecule has 0 unspecified atom stereocenters. The van der Waals surface area contributed by atoms with E-state index in [0.29, 0.717) is 40.7 Å². The van der Waals surface area contributed by atoms with Gasteiger partial charge in [-0.05, 0) is 72.7 Å². The van der Waals surface area contributed by atoms with Gasteiger partial charge < -0.3 is 19.3 Å². The lowest BCUT2D eigenvalue weighted by atomic mass is 10.1. The Labute approximate surface area is 224 Å². The van der Waals surface area contributed by atoms with Gasteiger partial charge in [-0.3, -0.25) is 19.8 Å². The predicted octanol–water partition coefficient (Wildman–Crippen LogP) is 4.20. The molecule has 0 radical (unpaired) electrons. The first kappa shape index (κ1) is 26.4. The summed E-state index contributed by atoms with van der Waals surface area (Å²) in [5.74, 6) is -0.873. The molecule has 1 aliphatic rings. The predicted molar refractivity (Wildman–Crippen MR) is 145 cm³/mol. The van der Waals surface area contributed by atoms with E-state index in [9.17, 15) is 19.5 Å². The Morgan fingerprint density at radius 2 is 1.82 bits per heavy atom. The summed E-state index contributed by atoms with van der Waals surface area (Å²) in [5.41, 5.74) is 1.71. The van der Waals surface area contributed by atoms with E-state index in [4.69, 9.17) is 26.4 Å². The molecule has 2 N–H and O–H groups in total. The van der Waals surface area contributed by atoms with Crippen molar-refractivity contribution in [3.05, 3.63) is 89.0 Å². The number of carbonyl (C=O) groups is 3. The zero-order valence-corrected chi connectivity index (χ0v) is 21.4. The van der Waals surface area contributed by atoms with Crippen molar-refractivity contribution < 1.29 is 33.7 Å². The molecule has 0 spiro atoms. The molecule has 1 fully saturated rings. The SMILES string of the molecule is CCOc1cccc(N2C(=O)/C(=C/c3ccc(OCc4cccc(C(=O)O)c4)c(OC)c3)C(=O)NC2=S)c1. The number of hydrogen-bond donors (Lipinski definition) is 2. The molecule has 0 aliphatic carbocycles. The molecular formula is C28H24N2O7S. The van der Waals surface area contributed by atoms with Gasteiger partial charge in [-0.25, -0.2) is 4.79 Å². The summed E-state index contributed by atoms with van der Waals surface area (Å²) in [6.45, 7) is 2.43. The topological polar surface area (TPSA) is 114 Å². The van der Waals surface area contributed by atoms with Gasteiger partial charge in [0.15, 0.2) is 16.6 Å². The van der Waals surface area contributed by atoms with Gasteiger partial charge in [0.25, 0.3) is 11.8 Å². The highest BCUT2D eigenvalue weighted by atomic mass is 32.1. The van der Waals surface area contributed by atoms with Gasteiger partial charge in [0, 0.05) is 6.07 Å². The van der Waals surface area contributed by atoms with Crippen LogP contribution in [0.1, 0.15) is 28.4 Å². The number of carbonyl (C=O) groups excluding carboxylic acids is 2. The number of rotatable bonds is 9. The van der Waals surface area contributed by atoms with Crippen molar-refractivity contribution in [1.29, 1.82) is 0 Å². The fraction of sp³-hybridized carbons (Fsp3) is 0.143. The number of hydrogen-bond acceptors (Lipinski definition) is 7. The fourth-order valence-electron chi connectivity index (χ4n) is 3.79. The Morgan fingerprint density at radius 1 is 1.03 bits per heavy atom. The van der Waals surface area contributed by atoms with Gasteiger partial charge >= 0.3 is 5.97 Å². The first-order chi connectivity index (χ1) is 18.3. The average Bonchev–Trinajstić information content (AvgIpc) is 2.90. The second kappa shape index (κ2) is 11.6. The molecule has 0 bridgehead atoms. The molecular weight excluding hydrogens is 508 g/mol. The maximum Gasteiger partial charge on any atom is 0.335 e. The number of thiocarbonyl (C=S) groups is 1. The number of anilines is 1. The minimum absolute atomic E-state index is 0.0286. The molecule has 4 rings (SSSR count). The van der Waals surface area contributed by atoms with E-state index in [0.717, 1.165) is 0 Å². The van der Waals surface area contributed by atoms with E-state index in [2.05, 4.69) is 5.32 Å². The van der Waals surface area contributed by atoms with Crippen molar-refractivity contribution in [2.45, 2.75) is 13.5 Å². The Balaban J connectivity index is 1.57. The Kier molecular flexibility index (Phi) is 8.03. The summed E-state index contributed by atoms with van der Waals surface area (Å²) < 4.78 is 16.8. The molecule has 2 amide bonds. The van der Waals surface area contributed by atoms with Gasteiger partial charge in [-0.1, -0.05) is 24.3 Å². The number of carboxylic acids is 1. The van der Waals surface area contributed by atoms with Crippen molar-refractivity contribution in [3.63, 3.8) is 0 Å². The zero-order valence-electron chi connectivity index (χ0n) is 20.6. The number of amides is 2. The smallest absolute Gasteiger partial charge is 0.335 e. The number of benzene rings is 3. The molecule has 0 atom stereocenters. The molecule has 1 saturated heterocycles. The number of aromatic carboxylic acids is 1. The van der Waals surface area contributed by atoms with Crippen LogP contribution in [0.15, 0.2) is 72.3 Å². The molecule has 9 nitrogen and oxygen atoms in total. The zero-order chi connectivity index (χ0) is 27.2. The third kappa shape index (κ3) is 5.81. The molecule has 10 heteroatoms. The molecule has 0 saturated carbocycles. The quantitative estimate of drug-likeness (QED) is 0.239. The van der Waals surface area contributed by atoms with Crippen molar-refractivity contribution in [2.24, 2.45) is 0 Å². The molecule has 194 valence electrons. The highest BCUT2D eigenvalue weighted by Gasteiger charge is 2.34. The monoisotopic (exact) mass is 532 g/mol. The lowest BCUT2D eigenvalue weighted by Crippen LogP contribution is -2.54. The summed E-state index contributed by atoms with van der Waals surface area (Å²) >= 11 is 5.27. The normalized spacial score (nSPS) is 14.3. The van der Waals surface area contributed by atoms with Gasteiger partial charge in [-0.2, -0.15) is 0 Å². The Morgan fingerprint density at radius 3 is 2.55 bits per heavy atom. The van der Waals surface area contributed by atoms with Gasteiger partial charge in [0.05, 0.1) is 25.0 Å². The maximum atomic E-state index is 13.3. The third-order valence-electron chi connectivity index (χ3n) is 5.56. The summed E-state index contributed by atoms with van der Waals surface area (Å²) in [5, 5.41) is 11.7. The van der Waals surface area contributed by atoms with Crippen molar-refractivity contribution in [2.75, 3.05) is 18.6 Å². The van der Waals surface area contributed by atoms with Gasteiger partial charge in [0.1, 0.15) is 17.9 Å². The van der Waals surface area contributed by atoms with E-state index in [1.165, 1.54) is 30.2 Å². The van der Waals surface area contributed by atoms with Crippen molar-refractivity contribution >= 4 is 46.9 Å². The lowest BCUT2D eigenvalue weighted by Gasteiger charge is -2.29. The Bertz CT molecular complexity index is 1450. The fourth-order valence-corrected chi connectivity index (χ4v) is 4.07. The number of nitrogens with zero attached hydrogens (tertiary/aromatic N) is 1. The van der Waals surface area contributed by atoms with Crippen LogP contribution < -0.4 is 24.4 Å². The van der Waals surface area contributed by atoms with Gasteiger partial charge in [0.2, 0.25) is 0 Å². The van der Waals surface area contributed by atoms with Crippen LogP contribution in [0, 0.1) is 0 Å². The average molecular weight is 533 g/mol. The highest BCUT2D eigenvalue weighted by Crippen LogP contribution is 2.31. The van der Waals surface area contributed by atoms with Crippen LogP contribution in [0.2, 0.25) is 0 Å². The first-order valence-electron chi connectivity index (χ1n) is 11.6. The molecule has 1 aliphatic heterocycles. The van der Waals surface area contributed by atoms with Crippen molar-refractivity contribution in [3.8, 4) is 17.2 Å². The molecule has 38 heavy (non-hydrogen) atoms. The minimum Gasteiger partial charge on any atom is -0.494 e. The van der Waals surface area contributed by atoms with E-state index < -0.39 is 17.8 Å². The lowest BCUT2D eigenvalue weighted by molar-refractivity contribution is -0.122. The highest BCUT2D eigenvalue weighted by molar-refractivity contribution is 7.80. The molecule has 3 aromatic rings. The van der Waals surface area contributed by atoms with E-state index in [1.54, 1.807) is 54.6 Å². The van der Waals surface area contributed by atoms with Crippen LogP contribution in [0.4, 0.5) is 5.69 Å². The van der Waals surface area contributed by atoms with Crippen molar-refractivity contribution in [1.82, 2.24) is 5.32 Å². The van der Waals surface area contributed by atoms with E-state index >= 15 is 0 Å². The third-order valence-corrected chi connectivity index (χ3v) is 5.84. The molecule has 3 aromatic carbocycles. The number of ether oxygens (including phenoxy) is 3. The second-order valence-electron chi connectivity index (χ2n) is 8.09. The summed E-state index contributed by atoms with van der Waals surface area (Å²) in [7, 11) is 1.47. The van der Waals surface area contributed by atoms with E-state index in [-0.39, 0.29) is 22.9 Å². The molecule has 1 heterocycles. The van der Waals surface area contributed by atoms with Gasteiger partial charge in [-0.15, -0.1) is 0 Å². The first-order valence-corrected chi connectivity index (χ1v) is 12.0. The van der Waals surface area contributed by atoms with Crippen LogP contribution in [-0.4, -0.2) is 41.7 Å². The van der Waals surface area contributed by atoms with Crippen LogP contribution in [0.3, 0.4) is 0 Å². The van der Waals surface area contributed by atoms with Crippen LogP contribution >= 0.6 is 12.2 Å². The Hall–Kier alpha value is -4.70. The van der Waals surface area contributed by atoms with Crippen LogP contribution in [0.25, 0.3) is 6.08 Å². The number of carboxylic acid groups (broad SMARTS) is 1. The summed E-state index contributed by atoms with van der Waals surface area (Å²) in [4.78, 5) is 38.5. The number of methoxy groups -OCH3 is 1. The largest absolute Gasteiger partial charge is 0.494 e. The van der Waals surface area contributed by atoms with Crippen LogP contribution in [0.5, 0.6) is 17.2 Å².